The molecule has 0 spiro atoms. The van der Waals surface area contributed by atoms with E-state index in [4.69, 9.17) is 9.84 Å². The molecule has 0 saturated carbocycles. The van der Waals surface area contributed by atoms with E-state index in [0.29, 0.717) is 19.8 Å². The third-order valence-electron chi connectivity index (χ3n) is 5.23. The summed E-state index contributed by atoms with van der Waals surface area (Å²) in [6, 6.07) is 0. The van der Waals surface area contributed by atoms with Crippen molar-refractivity contribution in [1.82, 2.24) is 10.2 Å². The minimum atomic E-state index is -0.983. The van der Waals surface area contributed by atoms with Crippen LogP contribution in [0.5, 0.6) is 0 Å². The molecular weight excluding hydrogens is 352 g/mol. The number of ether oxygens (including phenoxy) is 1. The van der Waals surface area contributed by atoms with E-state index >= 15 is 0 Å². The Kier molecular flexibility index (Phi) is 21.8. The third-order valence-corrected chi connectivity index (χ3v) is 5.23. The summed E-state index contributed by atoms with van der Waals surface area (Å²) in [7, 11) is 0. The van der Waals surface area contributed by atoms with Crippen molar-refractivity contribution in [3.8, 4) is 0 Å². The highest BCUT2D eigenvalue weighted by molar-refractivity contribution is 5.64. The van der Waals surface area contributed by atoms with Gasteiger partial charge >= 0.3 is 6.09 Å². The van der Waals surface area contributed by atoms with Crippen LogP contribution in [0.3, 0.4) is 0 Å². The minimum Gasteiger partial charge on any atom is -0.465 e. The van der Waals surface area contributed by atoms with Crippen LogP contribution in [0.25, 0.3) is 0 Å². The first kappa shape index (κ1) is 27.2. The molecule has 28 heavy (non-hydrogen) atoms. The maximum atomic E-state index is 10.4. The van der Waals surface area contributed by atoms with Gasteiger partial charge in [-0.25, -0.2) is 4.79 Å². The summed E-state index contributed by atoms with van der Waals surface area (Å²) >= 11 is 0. The number of carbonyl (C=O) groups is 1. The fraction of sp³-hybridized carbons (Fsp3) is 0.957. The van der Waals surface area contributed by atoms with Crippen molar-refractivity contribution in [2.24, 2.45) is 0 Å². The van der Waals surface area contributed by atoms with Crippen molar-refractivity contribution >= 4 is 6.09 Å². The standard InChI is InChI=1S/C23H48N2O3/c1-3-5-7-9-11-13-15-18-25(19-16-14-12-10-8-6-4-2)20-22-28-21-17-24-23(26)27/h24H,3-22H2,1-2H3,(H,26,27). The van der Waals surface area contributed by atoms with Crippen LogP contribution in [-0.2, 0) is 4.74 Å². The Labute approximate surface area is 174 Å². The number of rotatable bonds is 22. The Morgan fingerprint density at radius 2 is 1.18 bits per heavy atom. The van der Waals surface area contributed by atoms with Crippen LogP contribution in [0.2, 0.25) is 0 Å². The van der Waals surface area contributed by atoms with Crippen molar-refractivity contribution in [3.63, 3.8) is 0 Å². The molecule has 0 atom stereocenters. The van der Waals surface area contributed by atoms with Gasteiger partial charge in [-0.1, -0.05) is 90.9 Å². The highest BCUT2D eigenvalue weighted by Crippen LogP contribution is 2.10. The van der Waals surface area contributed by atoms with Crippen molar-refractivity contribution in [3.05, 3.63) is 0 Å². The highest BCUT2D eigenvalue weighted by Gasteiger charge is 2.05. The number of carboxylic acid groups (broad SMARTS) is 1. The van der Waals surface area contributed by atoms with Crippen molar-refractivity contribution in [2.75, 3.05) is 39.4 Å². The molecule has 5 heteroatoms. The molecule has 0 radical (unpaired) electrons. The van der Waals surface area contributed by atoms with Crippen molar-refractivity contribution < 1.29 is 14.6 Å². The van der Waals surface area contributed by atoms with Gasteiger partial charge in [-0.05, 0) is 25.9 Å². The maximum Gasteiger partial charge on any atom is 0.404 e. The lowest BCUT2D eigenvalue weighted by Gasteiger charge is -2.22. The van der Waals surface area contributed by atoms with E-state index in [1.54, 1.807) is 0 Å². The summed E-state index contributed by atoms with van der Waals surface area (Å²) in [4.78, 5) is 13.0. The SMILES string of the molecule is CCCCCCCCCN(CCCCCCCCC)CCOCCNC(=O)O. The van der Waals surface area contributed by atoms with Crippen LogP contribution in [-0.4, -0.2) is 55.5 Å². The van der Waals surface area contributed by atoms with Gasteiger partial charge in [0, 0.05) is 13.1 Å². The van der Waals surface area contributed by atoms with Crippen LogP contribution < -0.4 is 5.32 Å². The molecule has 0 heterocycles. The Balaban J connectivity index is 3.84. The number of hydrogen-bond acceptors (Lipinski definition) is 3. The van der Waals surface area contributed by atoms with Gasteiger partial charge in [-0.3, -0.25) is 0 Å². The van der Waals surface area contributed by atoms with E-state index in [9.17, 15) is 4.79 Å². The van der Waals surface area contributed by atoms with E-state index in [1.807, 2.05) is 0 Å². The smallest absolute Gasteiger partial charge is 0.404 e. The topological polar surface area (TPSA) is 61.8 Å². The number of amides is 1. The van der Waals surface area contributed by atoms with Crippen molar-refractivity contribution in [2.45, 2.75) is 104 Å². The second kappa shape index (κ2) is 22.5. The lowest BCUT2D eigenvalue weighted by molar-refractivity contribution is 0.102. The minimum absolute atomic E-state index is 0.366. The summed E-state index contributed by atoms with van der Waals surface area (Å²) < 4.78 is 5.59. The molecule has 5 nitrogen and oxygen atoms in total. The van der Waals surface area contributed by atoms with Gasteiger partial charge in [-0.15, -0.1) is 0 Å². The largest absolute Gasteiger partial charge is 0.465 e. The second-order valence-electron chi connectivity index (χ2n) is 7.93. The Bertz CT molecular complexity index is 309. The first-order valence-electron chi connectivity index (χ1n) is 12.0. The molecule has 0 aliphatic rings. The lowest BCUT2D eigenvalue weighted by Crippen LogP contribution is -2.31. The number of hydrogen-bond donors (Lipinski definition) is 2. The van der Waals surface area contributed by atoms with Gasteiger partial charge in [0.1, 0.15) is 0 Å². The molecule has 0 aromatic heterocycles. The van der Waals surface area contributed by atoms with Crippen LogP contribution in [0.4, 0.5) is 4.79 Å². The molecule has 0 aromatic carbocycles. The van der Waals surface area contributed by atoms with E-state index in [2.05, 4.69) is 24.1 Å². The molecule has 0 bridgehead atoms. The normalized spacial score (nSPS) is 11.2. The zero-order valence-electron chi connectivity index (χ0n) is 18.9. The Morgan fingerprint density at radius 1 is 0.714 bits per heavy atom. The molecule has 0 saturated heterocycles. The Morgan fingerprint density at radius 3 is 1.64 bits per heavy atom. The quantitative estimate of drug-likeness (QED) is 0.216. The number of unbranched alkanes of at least 4 members (excludes halogenated alkanes) is 12. The maximum absolute atomic E-state index is 10.4. The van der Waals surface area contributed by atoms with Crippen LogP contribution in [0.1, 0.15) is 104 Å². The number of nitrogens with zero attached hydrogens (tertiary/aromatic N) is 1. The number of nitrogens with one attached hydrogen (secondary N) is 1. The molecule has 1 amide bonds. The molecule has 0 aliphatic heterocycles. The van der Waals surface area contributed by atoms with Gasteiger partial charge in [-0.2, -0.15) is 0 Å². The molecular formula is C23H48N2O3. The average molecular weight is 401 g/mol. The van der Waals surface area contributed by atoms with Crippen LogP contribution in [0, 0.1) is 0 Å². The van der Waals surface area contributed by atoms with Crippen LogP contribution in [0.15, 0.2) is 0 Å². The van der Waals surface area contributed by atoms with Gasteiger partial charge in [0.15, 0.2) is 0 Å². The van der Waals surface area contributed by atoms with E-state index in [-0.39, 0.29) is 0 Å². The molecule has 2 N–H and O–H groups in total. The summed E-state index contributed by atoms with van der Waals surface area (Å²) in [6.45, 7) is 9.33. The summed E-state index contributed by atoms with van der Waals surface area (Å²) in [5, 5.41) is 10.9. The Hall–Kier alpha value is -0.810. The van der Waals surface area contributed by atoms with Gasteiger partial charge in [0.2, 0.25) is 0 Å². The first-order chi connectivity index (χ1) is 13.7. The third kappa shape index (κ3) is 21.5. The fourth-order valence-electron chi connectivity index (χ4n) is 3.45. The summed E-state index contributed by atoms with van der Waals surface area (Å²) in [5.74, 6) is 0. The van der Waals surface area contributed by atoms with Gasteiger partial charge in [0.25, 0.3) is 0 Å². The van der Waals surface area contributed by atoms with Crippen molar-refractivity contribution in [1.29, 1.82) is 0 Å². The predicted octanol–water partition coefficient (Wildman–Crippen LogP) is 6.07. The zero-order valence-corrected chi connectivity index (χ0v) is 18.9. The average Bonchev–Trinajstić information content (AvgIpc) is 2.68. The fourth-order valence-corrected chi connectivity index (χ4v) is 3.45. The van der Waals surface area contributed by atoms with Gasteiger partial charge in [0.05, 0.1) is 13.2 Å². The summed E-state index contributed by atoms with van der Waals surface area (Å²) in [6.07, 6.45) is 17.9. The first-order valence-corrected chi connectivity index (χ1v) is 12.0. The monoisotopic (exact) mass is 400 g/mol. The summed E-state index contributed by atoms with van der Waals surface area (Å²) in [5.41, 5.74) is 0. The lowest BCUT2D eigenvalue weighted by atomic mass is 10.1. The molecule has 0 unspecified atom stereocenters. The van der Waals surface area contributed by atoms with E-state index in [1.165, 1.54) is 103 Å². The molecule has 0 rings (SSSR count). The molecule has 168 valence electrons. The van der Waals surface area contributed by atoms with Gasteiger partial charge < -0.3 is 20.1 Å². The molecule has 0 aliphatic carbocycles. The second-order valence-corrected chi connectivity index (χ2v) is 7.93. The molecule has 0 fully saturated rings. The van der Waals surface area contributed by atoms with E-state index < -0.39 is 6.09 Å². The van der Waals surface area contributed by atoms with E-state index in [0.717, 1.165) is 6.54 Å². The zero-order chi connectivity index (χ0) is 20.7. The van der Waals surface area contributed by atoms with Crippen LogP contribution >= 0.6 is 0 Å². The predicted molar refractivity (Wildman–Crippen MR) is 119 cm³/mol. The highest BCUT2D eigenvalue weighted by atomic mass is 16.5. The molecule has 0 aromatic rings.